The minimum atomic E-state index is -2.79. The summed E-state index contributed by atoms with van der Waals surface area (Å²) in [6, 6.07) is 40.9. The molecule has 5 aliphatic rings. The quantitative estimate of drug-likeness (QED) is 0.146. The second-order valence-electron chi connectivity index (χ2n) is 13.5. The lowest BCUT2D eigenvalue weighted by molar-refractivity contribution is -1.05. The van der Waals surface area contributed by atoms with Crippen LogP contribution >= 0.6 is 0 Å². The summed E-state index contributed by atoms with van der Waals surface area (Å²) in [6.45, 7) is 4.32. The Kier molecular flexibility index (Phi) is 3.55. The van der Waals surface area contributed by atoms with Crippen LogP contribution in [0.2, 0.25) is 0 Å². The van der Waals surface area contributed by atoms with Gasteiger partial charge in [-0.3, -0.25) is 0 Å². The van der Waals surface area contributed by atoms with Crippen molar-refractivity contribution in [2.45, 2.75) is 13.8 Å². The number of rotatable bonds is 0. The molecular formula is C39H25N6OSi+3. The molecule has 0 fully saturated rings. The topological polar surface area (TPSA) is 39.7 Å². The summed E-state index contributed by atoms with van der Waals surface area (Å²) >= 11 is 0. The molecule has 4 aromatic heterocycles. The van der Waals surface area contributed by atoms with Gasteiger partial charge in [-0.25, -0.2) is 0 Å². The Morgan fingerprint density at radius 3 is 2.30 bits per heavy atom. The SMILES string of the molecule is Cc1nn2c(c1C)-c1cccc3[n+]1[N+]21c2c(ccc4c2-n2c5c(cccc5c5ccc[n+]1c52)[Si]41c2ccccc2-c2ccccc21)O3. The number of hydrogen-bond donors (Lipinski definition) is 0. The average Bonchev–Trinajstić information content (AvgIpc) is 3.80. The summed E-state index contributed by atoms with van der Waals surface area (Å²) in [7, 11) is -2.79. The number of benzene rings is 4. The molecule has 4 aromatic carbocycles. The molecule has 218 valence electrons. The number of aryl methyl sites for hydroxylation is 1. The lowest BCUT2D eigenvalue weighted by atomic mass is 10.1. The van der Waals surface area contributed by atoms with E-state index >= 15 is 0 Å². The van der Waals surface area contributed by atoms with Gasteiger partial charge in [0.2, 0.25) is 21.9 Å². The van der Waals surface area contributed by atoms with Crippen LogP contribution in [0.3, 0.4) is 0 Å². The zero-order valence-corrected chi connectivity index (χ0v) is 26.6. The molecular weight excluding hydrogens is 597 g/mol. The first-order valence-electron chi connectivity index (χ1n) is 16.2. The van der Waals surface area contributed by atoms with Gasteiger partial charge in [-0.2, -0.15) is 4.57 Å². The molecule has 9 heterocycles. The van der Waals surface area contributed by atoms with Crippen molar-refractivity contribution in [1.82, 2.24) is 19.3 Å². The molecule has 7 nitrogen and oxygen atoms in total. The highest BCUT2D eigenvalue weighted by molar-refractivity contribution is 7.23. The van der Waals surface area contributed by atoms with Crippen LogP contribution in [0.15, 0.2) is 115 Å². The maximum Gasteiger partial charge on any atom is 0.438 e. The Morgan fingerprint density at radius 2 is 1.47 bits per heavy atom. The van der Waals surface area contributed by atoms with Crippen molar-refractivity contribution in [3.8, 4) is 39.8 Å². The molecule has 2 spiro atoms. The van der Waals surface area contributed by atoms with Crippen LogP contribution in [0.25, 0.3) is 50.1 Å². The largest absolute Gasteiger partial charge is 0.438 e. The molecule has 0 saturated heterocycles. The molecule has 13 rings (SSSR count). The van der Waals surface area contributed by atoms with Gasteiger partial charge in [0.1, 0.15) is 10.2 Å². The van der Waals surface area contributed by atoms with E-state index < -0.39 is 8.07 Å². The molecule has 0 saturated carbocycles. The summed E-state index contributed by atoms with van der Waals surface area (Å²) in [5.74, 6) is 1.66. The van der Waals surface area contributed by atoms with E-state index in [0.717, 1.165) is 40.0 Å². The number of para-hydroxylation sites is 1. The number of nitrogens with zero attached hydrogens (tertiary/aromatic N) is 6. The van der Waals surface area contributed by atoms with Crippen LogP contribution in [-0.4, -0.2) is 22.5 Å². The van der Waals surface area contributed by atoms with Gasteiger partial charge in [-0.15, -0.1) is 5.10 Å². The Morgan fingerprint density at radius 1 is 0.723 bits per heavy atom. The van der Waals surface area contributed by atoms with E-state index in [9.17, 15) is 0 Å². The minimum absolute atomic E-state index is 0.227. The zero-order chi connectivity index (χ0) is 30.6. The molecule has 47 heavy (non-hydrogen) atoms. The van der Waals surface area contributed by atoms with Gasteiger partial charge in [0.05, 0.1) is 17.1 Å². The van der Waals surface area contributed by atoms with E-state index in [2.05, 4.69) is 148 Å². The molecule has 0 radical (unpaired) electrons. The van der Waals surface area contributed by atoms with Crippen LogP contribution in [0.1, 0.15) is 11.3 Å². The van der Waals surface area contributed by atoms with Crippen LogP contribution < -0.4 is 39.6 Å². The van der Waals surface area contributed by atoms with Crippen molar-refractivity contribution in [2.75, 3.05) is 0 Å². The van der Waals surface area contributed by atoms with Gasteiger partial charge in [0.25, 0.3) is 0 Å². The third-order valence-electron chi connectivity index (χ3n) is 11.7. The van der Waals surface area contributed by atoms with Gasteiger partial charge in [0, 0.05) is 36.9 Å². The molecule has 0 amide bonds. The summed E-state index contributed by atoms with van der Waals surface area (Å²) < 4.78 is 14.3. The molecule has 1 unspecified atom stereocenters. The summed E-state index contributed by atoms with van der Waals surface area (Å²) in [6.07, 6.45) is 2.23. The fraction of sp³-hybridized carbons (Fsp3) is 0.0513. The summed E-state index contributed by atoms with van der Waals surface area (Å²) in [5, 5.41) is 13.7. The monoisotopic (exact) mass is 621 g/mol. The smallest absolute Gasteiger partial charge is 0.394 e. The number of ether oxygens (including phenoxy) is 1. The van der Waals surface area contributed by atoms with Gasteiger partial charge in [-0.05, 0) is 65.7 Å². The molecule has 0 aliphatic carbocycles. The number of aromatic nitrogens is 5. The van der Waals surface area contributed by atoms with Crippen LogP contribution in [0.4, 0.5) is 5.69 Å². The number of quaternary nitrogens is 1. The molecule has 1 atom stereocenters. The predicted octanol–water partition coefficient (Wildman–Crippen LogP) is 3.94. The molecule has 5 aliphatic heterocycles. The molecule has 0 bridgehead atoms. The number of hydrogen-bond acceptors (Lipinski definition) is 2. The highest BCUT2D eigenvalue weighted by Gasteiger charge is 2.73. The Labute approximate surface area is 269 Å². The van der Waals surface area contributed by atoms with Crippen LogP contribution in [0, 0.1) is 13.8 Å². The zero-order valence-electron chi connectivity index (χ0n) is 25.6. The third kappa shape index (κ3) is 2.09. The first-order chi connectivity index (χ1) is 23.2. The van der Waals surface area contributed by atoms with E-state index in [1.165, 1.54) is 59.4 Å². The van der Waals surface area contributed by atoms with Crippen molar-refractivity contribution in [3.63, 3.8) is 0 Å². The maximum absolute atomic E-state index is 6.94. The Balaban J connectivity index is 1.36. The highest BCUT2D eigenvalue weighted by Crippen LogP contribution is 2.52. The van der Waals surface area contributed by atoms with E-state index in [-0.39, 0.29) is 4.81 Å². The fourth-order valence-electron chi connectivity index (χ4n) is 10.00. The second-order valence-corrected chi connectivity index (χ2v) is 17.1. The van der Waals surface area contributed by atoms with E-state index in [1.54, 1.807) is 0 Å². The molecule has 0 N–H and O–H groups in total. The standard InChI is InChI=1S/C39H25N6OSi/c1-22-23(2)40-44-35(22)28-14-8-18-34-43(28)45(44)38-29(46-34)19-20-33-37(38)42-36-26(27-13-9-21-41(45)39(27)42)12-7-17-32(36)47(33)30-15-5-3-10-24(30)25-11-4-6-16-31(25)47/h3-21H,1-2H3/q+3. The maximum atomic E-state index is 6.94. The van der Waals surface area contributed by atoms with E-state index in [0.29, 0.717) is 0 Å². The average molecular weight is 622 g/mol. The first kappa shape index (κ1) is 23.5. The van der Waals surface area contributed by atoms with E-state index in [1.807, 2.05) is 0 Å². The second kappa shape index (κ2) is 7.10. The van der Waals surface area contributed by atoms with Crippen LogP contribution in [-0.2, 0) is 0 Å². The first-order valence-corrected chi connectivity index (χ1v) is 18.2. The van der Waals surface area contributed by atoms with Crippen molar-refractivity contribution < 1.29 is 14.1 Å². The predicted molar refractivity (Wildman–Crippen MR) is 183 cm³/mol. The lowest BCUT2D eigenvalue weighted by Gasteiger charge is -2.38. The van der Waals surface area contributed by atoms with Crippen molar-refractivity contribution in [1.29, 1.82) is 0 Å². The normalized spacial score (nSPS) is 18.4. The molecule has 8 heteroatoms. The van der Waals surface area contributed by atoms with Gasteiger partial charge in [0.15, 0.2) is 14.3 Å². The van der Waals surface area contributed by atoms with Gasteiger partial charge >= 0.3 is 22.9 Å². The third-order valence-corrected chi connectivity index (χ3v) is 16.6. The number of pyridine rings is 2. The summed E-state index contributed by atoms with van der Waals surface area (Å²) in [5.41, 5.74) is 12.0. The minimum Gasteiger partial charge on any atom is -0.394 e. The Hall–Kier alpha value is -5.83. The van der Waals surface area contributed by atoms with Crippen molar-refractivity contribution in [2.24, 2.45) is 0 Å². The van der Waals surface area contributed by atoms with Crippen molar-refractivity contribution in [3.05, 3.63) is 127 Å². The lowest BCUT2D eigenvalue weighted by Crippen LogP contribution is -2.89. The summed E-state index contributed by atoms with van der Waals surface area (Å²) in [4.78, 5) is 2.47. The van der Waals surface area contributed by atoms with Crippen molar-refractivity contribution >= 4 is 56.4 Å². The molecule has 8 aromatic rings. The Bertz CT molecular complexity index is 2840. The van der Waals surface area contributed by atoms with Crippen LogP contribution in [0.5, 0.6) is 11.6 Å². The van der Waals surface area contributed by atoms with Gasteiger partial charge in [-0.1, -0.05) is 66.7 Å². The fourth-order valence-corrected chi connectivity index (χ4v) is 15.5. The van der Waals surface area contributed by atoms with Gasteiger partial charge < -0.3 is 4.74 Å². The number of fused-ring (bicyclic) bond motifs is 10. The van der Waals surface area contributed by atoms with E-state index in [4.69, 9.17) is 9.84 Å². The highest BCUT2D eigenvalue weighted by atomic mass is 28.3.